The van der Waals surface area contributed by atoms with E-state index in [2.05, 4.69) is 20.0 Å². The molecule has 7 heteroatoms. The molecule has 1 aromatic heterocycles. The summed E-state index contributed by atoms with van der Waals surface area (Å²) in [5.74, 6) is 0.893. The second-order valence-corrected chi connectivity index (χ2v) is 4.53. The molecule has 110 valence electrons. The number of methoxy groups -OCH3 is 2. The highest BCUT2D eigenvalue weighted by Gasteiger charge is 2.15. The topological polar surface area (TPSA) is 95.9 Å². The van der Waals surface area contributed by atoms with Crippen LogP contribution in [0.4, 0.5) is 5.69 Å². The largest absolute Gasteiger partial charge is 0.384 e. The molecule has 7 nitrogen and oxygen atoms in total. The molecule has 0 atom stereocenters. The maximum Gasteiger partial charge on any atom is 0.114 e. The summed E-state index contributed by atoms with van der Waals surface area (Å²) in [5.41, 5.74) is 10.8. The van der Waals surface area contributed by atoms with Crippen molar-refractivity contribution < 1.29 is 9.47 Å². The van der Waals surface area contributed by atoms with Gasteiger partial charge in [0, 0.05) is 24.8 Å². The molecule has 0 fully saturated rings. The minimum absolute atomic E-state index is 0.0659. The molecule has 0 aliphatic rings. The first-order valence-corrected chi connectivity index (χ1v) is 6.46. The molecule has 0 saturated heterocycles. The number of hydrogen-bond donors (Lipinski definition) is 1. The minimum atomic E-state index is 0.0659. The van der Waals surface area contributed by atoms with Crippen LogP contribution in [0.2, 0.25) is 0 Å². The average molecular weight is 287 g/mol. The smallest absolute Gasteiger partial charge is 0.114 e. The van der Waals surface area contributed by atoms with E-state index in [4.69, 9.17) is 15.0 Å². The van der Waals surface area contributed by atoms with Gasteiger partial charge in [-0.1, -0.05) is 29.4 Å². The summed E-state index contributed by atoms with van der Waals surface area (Å²) in [5, 5.41) is 3.55. The number of rotatable bonds is 7. The number of H-pyrrole nitrogens is 1. The van der Waals surface area contributed by atoms with Crippen LogP contribution >= 0.6 is 0 Å². The first-order chi connectivity index (χ1) is 10.3. The fourth-order valence-electron chi connectivity index (χ4n) is 2.06. The van der Waals surface area contributed by atoms with E-state index in [0.29, 0.717) is 18.9 Å². The first kappa shape index (κ1) is 15.1. The van der Waals surface area contributed by atoms with E-state index in [-0.39, 0.29) is 5.92 Å². The van der Waals surface area contributed by atoms with Gasteiger partial charge in [0.2, 0.25) is 0 Å². The number of ether oxygens (including phenoxy) is 2. The van der Waals surface area contributed by atoms with Gasteiger partial charge < -0.3 is 14.5 Å². The molecule has 2 aromatic rings. The molecule has 1 heterocycles. The maximum absolute atomic E-state index is 8.39. The summed E-state index contributed by atoms with van der Waals surface area (Å²) in [6.45, 7) is 1.08. The first-order valence-electron chi connectivity index (χ1n) is 6.46. The maximum atomic E-state index is 8.39. The van der Waals surface area contributed by atoms with Crippen molar-refractivity contribution in [1.82, 2.24) is 9.97 Å². The number of aromatic nitrogens is 2. The summed E-state index contributed by atoms with van der Waals surface area (Å²) in [4.78, 5) is 10.4. The lowest BCUT2D eigenvalue weighted by molar-refractivity contribution is 0.114. The van der Waals surface area contributed by atoms with Gasteiger partial charge in [0.15, 0.2) is 0 Å². The highest BCUT2D eigenvalue weighted by molar-refractivity contribution is 5.61. The molecule has 0 bridgehead atoms. The van der Waals surface area contributed by atoms with Gasteiger partial charge in [-0.15, -0.1) is 0 Å². The highest BCUT2D eigenvalue weighted by Crippen LogP contribution is 2.23. The molecule has 0 spiro atoms. The number of aromatic amines is 1. The molecule has 0 unspecified atom stereocenters. The summed E-state index contributed by atoms with van der Waals surface area (Å²) in [6, 6.07) is 7.28. The van der Waals surface area contributed by atoms with Crippen molar-refractivity contribution in [3.8, 4) is 11.3 Å². The zero-order chi connectivity index (χ0) is 15.1. The third-order valence-electron chi connectivity index (χ3n) is 3.06. The Hall–Kier alpha value is -2.34. The van der Waals surface area contributed by atoms with Crippen molar-refractivity contribution in [3.05, 3.63) is 46.7 Å². The molecule has 1 aromatic carbocycles. The summed E-state index contributed by atoms with van der Waals surface area (Å²) in [7, 11) is 3.31. The molecular weight excluding hydrogens is 270 g/mol. The molecule has 0 radical (unpaired) electrons. The number of nitrogens with zero attached hydrogens (tertiary/aromatic N) is 4. The third kappa shape index (κ3) is 3.82. The van der Waals surface area contributed by atoms with Crippen molar-refractivity contribution in [2.75, 3.05) is 27.4 Å². The van der Waals surface area contributed by atoms with Crippen molar-refractivity contribution in [3.63, 3.8) is 0 Å². The van der Waals surface area contributed by atoms with Gasteiger partial charge in [-0.3, -0.25) is 0 Å². The van der Waals surface area contributed by atoms with Crippen LogP contribution in [0.25, 0.3) is 21.7 Å². The lowest BCUT2D eigenvalue weighted by Gasteiger charge is -2.12. The van der Waals surface area contributed by atoms with Crippen LogP contribution in [-0.2, 0) is 9.47 Å². The Bertz CT molecular complexity index is 611. The SMILES string of the molecule is COCC(COC)c1ncc(-c2ccc(N=[N+]=[N-])cc2)[nH]1. The predicted molar refractivity (Wildman–Crippen MR) is 79.3 cm³/mol. The molecule has 0 saturated carbocycles. The van der Waals surface area contributed by atoms with E-state index in [0.717, 1.165) is 17.1 Å². The summed E-state index contributed by atoms with van der Waals surface area (Å²) >= 11 is 0. The number of imidazole rings is 1. The molecule has 0 amide bonds. The lowest BCUT2D eigenvalue weighted by atomic mass is 10.1. The Kier molecular flexibility index (Phi) is 5.34. The standard InChI is InChI=1S/C14H17N5O2/c1-20-8-11(9-21-2)14-16-7-13(17-14)10-3-5-12(6-4-10)18-19-15/h3-7,11H,8-9H2,1-2H3,(H,16,17). The zero-order valence-electron chi connectivity index (χ0n) is 12.0. The highest BCUT2D eigenvalue weighted by atomic mass is 16.5. The van der Waals surface area contributed by atoms with Gasteiger partial charge in [0.05, 0.1) is 31.0 Å². The zero-order valence-corrected chi connectivity index (χ0v) is 12.0. The fraction of sp³-hybridized carbons (Fsp3) is 0.357. The van der Waals surface area contributed by atoms with E-state index >= 15 is 0 Å². The van der Waals surface area contributed by atoms with E-state index in [1.165, 1.54) is 0 Å². The van der Waals surface area contributed by atoms with Crippen molar-refractivity contribution in [2.24, 2.45) is 5.11 Å². The molecule has 1 N–H and O–H groups in total. The van der Waals surface area contributed by atoms with Crippen LogP contribution in [0.5, 0.6) is 0 Å². The van der Waals surface area contributed by atoms with Gasteiger partial charge in [-0.05, 0) is 11.1 Å². The van der Waals surface area contributed by atoms with Crippen molar-refractivity contribution >= 4 is 5.69 Å². The Labute approximate surface area is 122 Å². The number of hydrogen-bond acceptors (Lipinski definition) is 4. The minimum Gasteiger partial charge on any atom is -0.384 e. The lowest BCUT2D eigenvalue weighted by Crippen LogP contribution is -2.13. The molecular formula is C14H17N5O2. The second-order valence-electron chi connectivity index (χ2n) is 4.53. The number of azide groups is 1. The van der Waals surface area contributed by atoms with Crippen LogP contribution in [0, 0.1) is 0 Å². The van der Waals surface area contributed by atoms with Gasteiger partial charge in [0.25, 0.3) is 0 Å². The van der Waals surface area contributed by atoms with E-state index in [1.54, 1.807) is 32.5 Å². The quantitative estimate of drug-likeness (QED) is 0.480. The van der Waals surface area contributed by atoms with Gasteiger partial charge >= 0.3 is 0 Å². The molecule has 21 heavy (non-hydrogen) atoms. The van der Waals surface area contributed by atoms with E-state index in [9.17, 15) is 0 Å². The Morgan fingerprint density at radius 1 is 1.24 bits per heavy atom. The Morgan fingerprint density at radius 3 is 2.48 bits per heavy atom. The van der Waals surface area contributed by atoms with Crippen LogP contribution in [0.1, 0.15) is 11.7 Å². The van der Waals surface area contributed by atoms with Gasteiger partial charge in [-0.25, -0.2) is 4.98 Å². The Morgan fingerprint density at radius 2 is 1.90 bits per heavy atom. The summed E-state index contributed by atoms with van der Waals surface area (Å²) < 4.78 is 10.4. The van der Waals surface area contributed by atoms with E-state index in [1.807, 2.05) is 12.1 Å². The number of nitrogens with one attached hydrogen (secondary N) is 1. The third-order valence-corrected chi connectivity index (χ3v) is 3.06. The van der Waals surface area contributed by atoms with E-state index < -0.39 is 0 Å². The van der Waals surface area contributed by atoms with Crippen LogP contribution in [0.3, 0.4) is 0 Å². The van der Waals surface area contributed by atoms with Crippen molar-refractivity contribution in [2.45, 2.75) is 5.92 Å². The fourth-order valence-corrected chi connectivity index (χ4v) is 2.06. The van der Waals surface area contributed by atoms with Crippen molar-refractivity contribution in [1.29, 1.82) is 0 Å². The van der Waals surface area contributed by atoms with Gasteiger partial charge in [-0.2, -0.15) is 0 Å². The molecule has 2 rings (SSSR count). The van der Waals surface area contributed by atoms with Gasteiger partial charge in [0.1, 0.15) is 5.82 Å². The van der Waals surface area contributed by atoms with Crippen LogP contribution < -0.4 is 0 Å². The summed E-state index contributed by atoms with van der Waals surface area (Å²) in [6.07, 6.45) is 1.77. The normalized spacial score (nSPS) is 10.6. The molecule has 0 aliphatic heterocycles. The predicted octanol–water partition coefficient (Wildman–Crippen LogP) is 3.39. The van der Waals surface area contributed by atoms with Crippen LogP contribution in [-0.4, -0.2) is 37.4 Å². The monoisotopic (exact) mass is 287 g/mol. The number of benzene rings is 1. The van der Waals surface area contributed by atoms with Crippen LogP contribution in [0.15, 0.2) is 35.6 Å². The second kappa shape index (κ2) is 7.44. The molecule has 0 aliphatic carbocycles. The Balaban J connectivity index is 2.19. The average Bonchev–Trinajstić information content (AvgIpc) is 2.98.